The third-order valence-corrected chi connectivity index (χ3v) is 21.5. The Morgan fingerprint density at radius 1 is 0.179 bits per heavy atom. The van der Waals surface area contributed by atoms with Gasteiger partial charge in [-0.3, -0.25) is 66.9 Å². The van der Waals surface area contributed by atoms with Crippen LogP contribution in [0.2, 0.25) is 0 Å². The van der Waals surface area contributed by atoms with Crippen LogP contribution in [0.1, 0.15) is 19.8 Å². The number of hydrogen-bond acceptors (Lipinski definition) is 74. The molecule has 0 radical (unpaired) electrons. The molecule has 5 aliphatic rings. The largest absolute Gasteiger partial charge is 1.00 e. The molecule has 74 nitrogen and oxygen atoms in total. The summed E-state index contributed by atoms with van der Waals surface area (Å²) in [6, 6.07) is 0. The molecule has 5 saturated heterocycles. The van der Waals surface area contributed by atoms with Crippen molar-refractivity contribution in [2.45, 2.75) is 173 Å². The molecule has 25 atom stereocenters. The van der Waals surface area contributed by atoms with Gasteiger partial charge in [0, 0.05) is 6.61 Å². The maximum Gasteiger partial charge on any atom is 1.00 e. The van der Waals surface area contributed by atoms with Gasteiger partial charge >= 0.3 is 473 Å². The summed E-state index contributed by atoms with van der Waals surface area (Å²) in [6.45, 7) is -12.5. The molecule has 736 valence electrons. The third kappa shape index (κ3) is 71.2. The van der Waals surface area contributed by atoms with E-state index in [9.17, 15) is 208 Å². The first-order chi connectivity index (χ1) is 55.3. The van der Waals surface area contributed by atoms with E-state index < -0.39 is 360 Å². The number of hydrogen-bond donors (Lipinski definition) is 0. The first-order valence-corrected chi connectivity index (χ1v) is 51.2. The predicted octanol–water partition coefficient (Wildman–Crippen LogP) is -66.3. The average molecular weight is 2520 g/mol. The molecule has 0 saturated carbocycles. The number of rotatable bonds is 49. The van der Waals surface area contributed by atoms with Crippen LogP contribution >= 0.6 is 0 Å². The molecular weight excluding hydrogens is 2470 g/mol. The molecule has 0 aromatic heterocycles. The monoisotopic (exact) mass is 2520 g/mol. The van der Waals surface area contributed by atoms with Crippen molar-refractivity contribution in [3.05, 3.63) is 0 Å². The van der Waals surface area contributed by atoms with E-state index in [1.165, 1.54) is 6.92 Å². The summed E-state index contributed by atoms with van der Waals surface area (Å²) >= 11 is 0. The molecule has 106 heteroatoms. The van der Waals surface area contributed by atoms with Crippen molar-refractivity contribution in [2.24, 2.45) is 0 Å². The Hall–Kier alpha value is 13.5. The van der Waals surface area contributed by atoms with Crippen LogP contribution in [-0.4, -0.2) is 401 Å². The van der Waals surface area contributed by atoms with Crippen molar-refractivity contribution >= 4 is 166 Å². The summed E-state index contributed by atoms with van der Waals surface area (Å²) in [7, 11) is -111. The van der Waals surface area contributed by atoms with Gasteiger partial charge in [0.25, 0.3) is 0 Å². The fraction of sp³-hybridized carbons (Fsp3) is 1.00. The molecule has 0 bridgehead atoms. The van der Waals surface area contributed by atoms with Gasteiger partial charge in [-0.1, -0.05) is 13.3 Å². The molecule has 5 fully saturated rings. The minimum absolute atomic E-state index is 0. The van der Waals surface area contributed by atoms with Gasteiger partial charge in [0.05, 0.1) is 33.0 Å². The quantitative estimate of drug-likeness (QED) is 0.0236. The van der Waals surface area contributed by atoms with Crippen LogP contribution in [-0.2, 0) is 281 Å². The smallest absolute Gasteiger partial charge is 0.726 e. The zero-order valence-corrected chi connectivity index (χ0v) is 119. The molecule has 5 rings (SSSR count). The van der Waals surface area contributed by atoms with Crippen LogP contribution in [0.15, 0.2) is 0 Å². The van der Waals surface area contributed by atoms with E-state index in [1.807, 2.05) is 0 Å². The predicted molar refractivity (Wildman–Crippen MR) is 322 cm³/mol. The zero-order chi connectivity index (χ0) is 95.5. The molecule has 0 N–H and O–H groups in total. The van der Waals surface area contributed by atoms with Gasteiger partial charge in [0.2, 0.25) is 166 Å². The van der Waals surface area contributed by atoms with Gasteiger partial charge < -0.3 is 120 Å². The van der Waals surface area contributed by atoms with E-state index in [0.717, 1.165) is 0 Å². The van der Waals surface area contributed by atoms with E-state index in [-0.39, 0.29) is 486 Å². The molecule has 0 aromatic rings. The van der Waals surface area contributed by atoms with Crippen LogP contribution in [0.4, 0.5) is 0 Å². The minimum Gasteiger partial charge on any atom is -0.726 e. The summed E-state index contributed by atoms with van der Waals surface area (Å²) in [5, 5.41) is 0. The van der Waals surface area contributed by atoms with Gasteiger partial charge in [-0.05, 0) is 6.42 Å². The van der Waals surface area contributed by atoms with Crippen molar-refractivity contribution in [3.63, 3.8) is 0 Å². The van der Waals surface area contributed by atoms with Crippen LogP contribution in [0.25, 0.3) is 0 Å². The Labute approximate surface area is 1150 Å². The summed E-state index contributed by atoms with van der Waals surface area (Å²) in [5.74, 6) is 0. The summed E-state index contributed by atoms with van der Waals surface area (Å²) in [5.41, 5.74) is 0. The van der Waals surface area contributed by atoms with E-state index in [4.69, 9.17) is 47.4 Å². The van der Waals surface area contributed by atoms with Crippen molar-refractivity contribution in [2.75, 3.05) is 39.6 Å². The first-order valence-electron chi connectivity index (χ1n) is 29.9. The topological polar surface area (TPSA) is 1160 Å². The molecule has 5 aliphatic heterocycles. The second-order valence-corrected chi connectivity index (χ2v) is 39.3. The van der Waals surface area contributed by atoms with Gasteiger partial charge in [-0.25, -0.2) is 135 Å². The Morgan fingerprint density at radius 3 is 0.457 bits per heavy atom. The average Bonchev–Trinajstić information content (AvgIpc) is 0.745. The Balaban J connectivity index is -0.00000102. The van der Waals surface area contributed by atoms with Crippen molar-refractivity contribution in [3.8, 4) is 0 Å². The standard InChI is InChI=1S/C34H60O74S16.16Na/c1-2-3-4-83-30-25(104-120(68,69)70)20(15(98-114(50,51)52)10(89-30)5-84-109(35,36)37)94-31-26(105-121(71,72)73)21(16(99-115(53,54)55)11(90-31)6-85-110(38,39)40)95-32-27(106-122(74,75)76)22(17(100-116(56,57)58)12(91-32)7-86-111(41,42)43)96-33-28(107-123(77,78)79)23(18(101-117(59,60)61)13(92-33)8-87-112(44,45)46)97-34-29(108-124(80,81)82)24(103-119(65,66)67)19(102-118(62,63)64)14(93-34)9-88-113(47,48)49;;;;;;;;;;;;;;;;/h10-34H,2-9H2,1H3,(H,35,36,37)(H,38,39,40)(H,41,42,43)(H,44,45,46)(H,47,48,49)(H,50,51,52)(H,53,54,55)(H,56,57,58)(H,59,60,61)(H,62,63,64)(H,65,66,67)(H,68,69,70)(H,71,72,73)(H,74,75,76)(H,77,78,79)(H,80,81,82);;;;;;;;;;;;;;;;/q;16*+1/p-16/t10-,11-,12-,13-,14-,15-,16-,17-,18-,19-,20+,21+,22+,23+,24+,25-,26-,27-,28-,29-,30?,31+,32+,33+,34+;;;;;;;;;;;;;;;;/m1................/s1. The maximum atomic E-state index is 13.2. The number of unbranched alkanes of at least 4 members (excludes halogenated alkanes) is 1. The second kappa shape index (κ2) is 73.3. The second-order valence-electron chi connectivity index (χ2n) is 23.0. The Morgan fingerprint density at radius 2 is 0.307 bits per heavy atom. The van der Waals surface area contributed by atoms with E-state index in [0.29, 0.717) is 0 Å². The molecule has 1 unspecified atom stereocenters. The minimum atomic E-state index is -7.48. The molecule has 0 aromatic carbocycles. The third-order valence-electron chi connectivity index (χ3n) is 14.3. The van der Waals surface area contributed by atoms with Crippen LogP contribution in [0, 0.1) is 0 Å². The summed E-state index contributed by atoms with van der Waals surface area (Å²) in [6.07, 6.45) is -101. The van der Waals surface area contributed by atoms with Gasteiger partial charge in [-0.15, -0.1) is 0 Å². The molecule has 0 spiro atoms. The van der Waals surface area contributed by atoms with Gasteiger partial charge in [0.15, 0.2) is 62.0 Å². The van der Waals surface area contributed by atoms with Gasteiger partial charge in [-0.2, -0.15) is 0 Å². The van der Waals surface area contributed by atoms with Crippen molar-refractivity contribution in [1.82, 2.24) is 0 Å². The fourth-order valence-electron chi connectivity index (χ4n) is 10.7. The molecule has 0 aliphatic carbocycles. The van der Waals surface area contributed by atoms with Gasteiger partial charge in [0.1, 0.15) is 91.6 Å². The van der Waals surface area contributed by atoms with Crippen molar-refractivity contribution < 1.29 is 795 Å². The SMILES string of the molecule is CCCCOC1O[C@H](COS(=O)(=O)[O-])[C@@H](OS(=O)(=O)[O-])[C@H](O[C@@H]2O[C@H](COS(=O)(=O)[O-])[C@@H](OS(=O)(=O)[O-])[C@H](O[C@@H]3O[C@H](COS(=O)(=O)[O-])[C@@H](OS(=O)(=O)[O-])[C@H](O[C@@H]4O[C@H](COS(=O)(=O)[O-])[C@@H](OS(=O)(=O)[O-])[C@H](O[C@@H]5O[C@H](COS(=O)(=O)[O-])[C@@H](OS(=O)(=O)[O-])[C@H](OS(=O)(=O)[O-])[C@H]5OS(=O)(=O)[O-])[C@H]4OS(=O)(=O)[O-])[C@H]3OS(=O)(=O)[O-])[C@H]2OS(=O)(=O)[O-])[C@H]1OS(=O)(=O)[O-].[Na+].[Na+].[Na+].[Na+].[Na+].[Na+].[Na+].[Na+].[Na+].[Na+].[Na+].[Na+].[Na+].[Na+].[Na+].[Na+]. The first kappa shape index (κ1) is 178. The maximum absolute atomic E-state index is 13.2. The Kier molecular flexibility index (Phi) is 93.4. The normalized spacial score (nSPS) is 28.9. The van der Waals surface area contributed by atoms with E-state index >= 15 is 0 Å². The van der Waals surface area contributed by atoms with Crippen molar-refractivity contribution in [1.29, 1.82) is 0 Å². The molecule has 140 heavy (non-hydrogen) atoms. The van der Waals surface area contributed by atoms with Crippen LogP contribution in [0.3, 0.4) is 0 Å². The molecular formula is C34H44Na16O74S16. The zero-order valence-electron chi connectivity index (χ0n) is 73.8. The molecule has 0 amide bonds. The van der Waals surface area contributed by atoms with Crippen LogP contribution in [0.5, 0.6) is 0 Å². The fourth-order valence-corrected chi connectivity index (χ4v) is 17.6. The van der Waals surface area contributed by atoms with Crippen LogP contribution < -0.4 is 473 Å². The number of ether oxygens (including phenoxy) is 10. The van der Waals surface area contributed by atoms with E-state index in [2.05, 4.69) is 66.9 Å². The van der Waals surface area contributed by atoms with E-state index in [1.54, 1.807) is 0 Å². The molecule has 5 heterocycles. The Bertz CT molecular complexity index is 5720. The summed E-state index contributed by atoms with van der Waals surface area (Å²) < 4.78 is 714. The summed E-state index contributed by atoms with van der Waals surface area (Å²) in [4.78, 5) is 0.